The van der Waals surface area contributed by atoms with Crippen molar-refractivity contribution in [3.8, 4) is 5.75 Å². The summed E-state index contributed by atoms with van der Waals surface area (Å²) in [6, 6.07) is 5.64. The minimum atomic E-state index is -0.00565. The number of carbonyl (C=O) groups is 1. The maximum atomic E-state index is 12.5. The molecule has 0 atom stereocenters. The summed E-state index contributed by atoms with van der Waals surface area (Å²) in [4.78, 5) is 14.4. The van der Waals surface area contributed by atoms with E-state index in [0.717, 1.165) is 25.9 Å². The van der Waals surface area contributed by atoms with Crippen LogP contribution in [0.15, 0.2) is 18.2 Å². The Hall–Kier alpha value is -0.970. The molecule has 0 unspecified atom stereocenters. The van der Waals surface area contributed by atoms with Gasteiger partial charge in [-0.3, -0.25) is 4.79 Å². The van der Waals surface area contributed by atoms with Crippen LogP contribution < -0.4 is 10.1 Å². The molecule has 6 heteroatoms. The van der Waals surface area contributed by atoms with E-state index in [-0.39, 0.29) is 18.3 Å². The van der Waals surface area contributed by atoms with Crippen LogP contribution in [0.3, 0.4) is 0 Å². The molecule has 2 rings (SSSR count). The standard InChI is InChI=1S/C14H19ClN2O2.ClH/c1-16-11-5-7-17(8-6-11)14(18)12-9-10(15)3-4-13(12)19-2;/h3-4,9,11,16H,5-8H2,1-2H3;1H. The summed E-state index contributed by atoms with van der Waals surface area (Å²) in [5, 5.41) is 3.80. The first-order valence-electron chi connectivity index (χ1n) is 6.45. The number of methoxy groups -OCH3 is 1. The average Bonchev–Trinajstić information content (AvgIpc) is 2.46. The van der Waals surface area contributed by atoms with Gasteiger partial charge in [-0.1, -0.05) is 11.6 Å². The summed E-state index contributed by atoms with van der Waals surface area (Å²) in [6.07, 6.45) is 1.95. The van der Waals surface area contributed by atoms with Crippen LogP contribution >= 0.6 is 24.0 Å². The molecule has 0 radical (unpaired) electrons. The van der Waals surface area contributed by atoms with Gasteiger partial charge in [0.15, 0.2) is 0 Å². The van der Waals surface area contributed by atoms with E-state index < -0.39 is 0 Å². The second kappa shape index (κ2) is 7.72. The molecule has 0 spiro atoms. The van der Waals surface area contributed by atoms with Gasteiger partial charge in [0.1, 0.15) is 5.75 Å². The van der Waals surface area contributed by atoms with Gasteiger partial charge in [-0.15, -0.1) is 12.4 Å². The van der Waals surface area contributed by atoms with Gasteiger partial charge in [0.05, 0.1) is 12.7 Å². The maximum absolute atomic E-state index is 12.5. The lowest BCUT2D eigenvalue weighted by Gasteiger charge is -2.32. The van der Waals surface area contributed by atoms with Gasteiger partial charge in [-0.25, -0.2) is 0 Å². The average molecular weight is 319 g/mol. The van der Waals surface area contributed by atoms with Gasteiger partial charge < -0.3 is 15.0 Å². The summed E-state index contributed by atoms with van der Waals surface area (Å²) in [5.74, 6) is 0.569. The molecule has 0 aliphatic carbocycles. The third-order valence-corrected chi connectivity index (χ3v) is 3.82. The Morgan fingerprint density at radius 3 is 2.60 bits per heavy atom. The third-order valence-electron chi connectivity index (χ3n) is 3.58. The van der Waals surface area contributed by atoms with E-state index in [1.807, 2.05) is 11.9 Å². The molecular formula is C14H20Cl2N2O2. The number of likely N-dealkylation sites (tertiary alicyclic amines) is 1. The van der Waals surface area contributed by atoms with Crippen molar-refractivity contribution in [2.75, 3.05) is 27.2 Å². The quantitative estimate of drug-likeness (QED) is 0.931. The Morgan fingerprint density at radius 1 is 1.40 bits per heavy atom. The van der Waals surface area contributed by atoms with E-state index >= 15 is 0 Å². The van der Waals surface area contributed by atoms with Gasteiger partial charge in [0.2, 0.25) is 0 Å². The van der Waals surface area contributed by atoms with Crippen LogP contribution in [0.5, 0.6) is 5.75 Å². The number of rotatable bonds is 3. The highest BCUT2D eigenvalue weighted by atomic mass is 35.5. The van der Waals surface area contributed by atoms with Crippen LogP contribution in [0.25, 0.3) is 0 Å². The van der Waals surface area contributed by atoms with E-state index in [2.05, 4.69) is 5.32 Å². The van der Waals surface area contributed by atoms with Crippen LogP contribution in [-0.4, -0.2) is 44.1 Å². The fourth-order valence-electron chi connectivity index (χ4n) is 2.39. The fraction of sp³-hybridized carbons (Fsp3) is 0.500. The highest BCUT2D eigenvalue weighted by Gasteiger charge is 2.24. The van der Waals surface area contributed by atoms with Crippen molar-refractivity contribution in [1.82, 2.24) is 10.2 Å². The molecule has 1 aliphatic rings. The molecule has 1 aliphatic heterocycles. The minimum Gasteiger partial charge on any atom is -0.496 e. The molecule has 1 aromatic carbocycles. The first-order chi connectivity index (χ1) is 9.15. The highest BCUT2D eigenvalue weighted by Crippen LogP contribution is 2.25. The second-order valence-electron chi connectivity index (χ2n) is 4.70. The molecule has 112 valence electrons. The summed E-state index contributed by atoms with van der Waals surface area (Å²) < 4.78 is 5.24. The molecule has 1 fully saturated rings. The Bertz CT molecular complexity index is 460. The lowest BCUT2D eigenvalue weighted by molar-refractivity contribution is 0.0704. The molecule has 1 amide bonds. The number of nitrogens with one attached hydrogen (secondary N) is 1. The van der Waals surface area contributed by atoms with E-state index in [0.29, 0.717) is 22.4 Å². The number of amides is 1. The van der Waals surface area contributed by atoms with Crippen molar-refractivity contribution in [3.05, 3.63) is 28.8 Å². The van der Waals surface area contributed by atoms with Gasteiger partial charge in [0, 0.05) is 24.2 Å². The number of piperidine rings is 1. The van der Waals surface area contributed by atoms with Gasteiger partial charge >= 0.3 is 0 Å². The molecule has 1 saturated heterocycles. The molecule has 20 heavy (non-hydrogen) atoms. The topological polar surface area (TPSA) is 41.6 Å². The van der Waals surface area contributed by atoms with Crippen molar-refractivity contribution in [1.29, 1.82) is 0 Å². The zero-order chi connectivity index (χ0) is 13.8. The molecule has 0 saturated carbocycles. The lowest BCUT2D eigenvalue weighted by Crippen LogP contribution is -2.44. The Morgan fingerprint density at radius 2 is 2.05 bits per heavy atom. The molecule has 0 bridgehead atoms. The highest BCUT2D eigenvalue weighted by molar-refractivity contribution is 6.31. The number of hydrogen-bond donors (Lipinski definition) is 1. The smallest absolute Gasteiger partial charge is 0.257 e. The summed E-state index contributed by atoms with van der Waals surface area (Å²) in [7, 11) is 3.52. The number of hydrogen-bond acceptors (Lipinski definition) is 3. The molecule has 1 aromatic rings. The normalized spacial score (nSPS) is 15.7. The van der Waals surface area contributed by atoms with Crippen molar-refractivity contribution in [2.24, 2.45) is 0 Å². The first-order valence-corrected chi connectivity index (χ1v) is 6.83. The van der Waals surface area contributed by atoms with Crippen LogP contribution in [0.1, 0.15) is 23.2 Å². The molecule has 4 nitrogen and oxygen atoms in total. The van der Waals surface area contributed by atoms with Crippen molar-refractivity contribution in [2.45, 2.75) is 18.9 Å². The lowest BCUT2D eigenvalue weighted by atomic mass is 10.0. The van der Waals surface area contributed by atoms with Crippen molar-refractivity contribution < 1.29 is 9.53 Å². The van der Waals surface area contributed by atoms with Crippen molar-refractivity contribution >= 4 is 29.9 Å². The molecule has 0 aromatic heterocycles. The Balaban J connectivity index is 0.00000200. The van der Waals surface area contributed by atoms with Gasteiger partial charge in [-0.2, -0.15) is 0 Å². The Kier molecular flexibility index (Phi) is 6.59. The molecule has 1 heterocycles. The number of ether oxygens (including phenoxy) is 1. The Labute approximate surface area is 130 Å². The monoisotopic (exact) mass is 318 g/mol. The SMILES string of the molecule is CNC1CCN(C(=O)c2cc(Cl)ccc2OC)CC1.Cl. The summed E-state index contributed by atoms with van der Waals surface area (Å²) >= 11 is 5.97. The van der Waals surface area contributed by atoms with E-state index in [1.165, 1.54) is 0 Å². The van der Waals surface area contributed by atoms with Crippen molar-refractivity contribution in [3.63, 3.8) is 0 Å². The first kappa shape index (κ1) is 17.1. The zero-order valence-electron chi connectivity index (χ0n) is 11.7. The van der Waals surface area contributed by atoms with E-state index in [1.54, 1.807) is 25.3 Å². The van der Waals surface area contributed by atoms with Crippen LogP contribution in [0.4, 0.5) is 0 Å². The number of benzene rings is 1. The fourth-order valence-corrected chi connectivity index (χ4v) is 2.56. The third kappa shape index (κ3) is 3.78. The van der Waals surface area contributed by atoms with Gasteiger partial charge in [-0.05, 0) is 38.1 Å². The van der Waals surface area contributed by atoms with Crippen LogP contribution in [0, 0.1) is 0 Å². The van der Waals surface area contributed by atoms with Gasteiger partial charge in [0.25, 0.3) is 5.91 Å². The minimum absolute atomic E-state index is 0. The predicted molar refractivity (Wildman–Crippen MR) is 83.2 cm³/mol. The van der Waals surface area contributed by atoms with Crippen LogP contribution in [-0.2, 0) is 0 Å². The largest absolute Gasteiger partial charge is 0.496 e. The molecule has 1 N–H and O–H groups in total. The predicted octanol–water partition coefficient (Wildman–Crippen LogP) is 2.59. The summed E-state index contributed by atoms with van der Waals surface area (Å²) in [6.45, 7) is 1.53. The number of nitrogens with zero attached hydrogens (tertiary/aromatic N) is 1. The summed E-state index contributed by atoms with van der Waals surface area (Å²) in [5.41, 5.74) is 0.540. The van der Waals surface area contributed by atoms with E-state index in [9.17, 15) is 4.79 Å². The zero-order valence-corrected chi connectivity index (χ0v) is 13.3. The number of halogens is 2. The van der Waals surface area contributed by atoms with Crippen LogP contribution in [0.2, 0.25) is 5.02 Å². The molecular weight excluding hydrogens is 299 g/mol. The second-order valence-corrected chi connectivity index (χ2v) is 5.14. The maximum Gasteiger partial charge on any atom is 0.257 e. The number of carbonyl (C=O) groups excluding carboxylic acids is 1. The van der Waals surface area contributed by atoms with E-state index in [4.69, 9.17) is 16.3 Å².